The summed E-state index contributed by atoms with van der Waals surface area (Å²) in [7, 11) is 2.59. The van der Waals surface area contributed by atoms with E-state index in [-0.39, 0.29) is 0 Å². The Morgan fingerprint density at radius 3 is 2.11 bits per heavy atom. The zero-order valence-corrected chi connectivity index (χ0v) is 8.57. The SMILES string of the molecule is C[Si](C)(C)C/C=C\C[Si]. The molecule has 0 unspecified atom stereocenters. The van der Waals surface area contributed by atoms with Gasteiger partial charge >= 0.3 is 0 Å². The van der Waals surface area contributed by atoms with E-state index in [4.69, 9.17) is 0 Å². The van der Waals surface area contributed by atoms with Crippen LogP contribution in [0.5, 0.6) is 0 Å². The highest BCUT2D eigenvalue weighted by molar-refractivity contribution is 6.76. The Hall–Kier alpha value is 0.174. The second-order valence-corrected chi connectivity index (χ2v) is 9.38. The Balaban J connectivity index is 3.38. The van der Waals surface area contributed by atoms with Crippen LogP contribution < -0.4 is 0 Å². The molecule has 0 spiro atoms. The van der Waals surface area contributed by atoms with Crippen LogP contribution in [-0.2, 0) is 0 Å². The van der Waals surface area contributed by atoms with E-state index in [0.717, 1.165) is 6.04 Å². The van der Waals surface area contributed by atoms with Crippen LogP contribution in [0.1, 0.15) is 0 Å². The Kier molecular flexibility index (Phi) is 4.14. The minimum atomic E-state index is -0.803. The van der Waals surface area contributed by atoms with Crippen molar-refractivity contribution in [2.45, 2.75) is 31.7 Å². The molecule has 0 N–H and O–H groups in total. The van der Waals surface area contributed by atoms with Crippen LogP contribution in [0, 0.1) is 0 Å². The summed E-state index contributed by atoms with van der Waals surface area (Å²) in [6.07, 6.45) is 4.45. The van der Waals surface area contributed by atoms with Gasteiger partial charge in [0.15, 0.2) is 0 Å². The number of hydrogen-bond donors (Lipinski definition) is 0. The fraction of sp³-hybridized carbons (Fsp3) is 0.714. The number of rotatable bonds is 3. The van der Waals surface area contributed by atoms with Crippen LogP contribution in [0.25, 0.3) is 0 Å². The maximum absolute atomic E-state index is 3.39. The minimum Gasteiger partial charge on any atom is -0.0922 e. The van der Waals surface area contributed by atoms with Crippen molar-refractivity contribution in [2.24, 2.45) is 0 Å². The molecule has 0 aromatic rings. The van der Waals surface area contributed by atoms with Crippen LogP contribution in [0.2, 0.25) is 31.7 Å². The first kappa shape index (κ1) is 9.17. The van der Waals surface area contributed by atoms with Gasteiger partial charge in [-0.3, -0.25) is 0 Å². The molecular weight excluding hydrogens is 140 g/mol. The molecule has 0 fully saturated rings. The lowest BCUT2D eigenvalue weighted by Gasteiger charge is -2.11. The van der Waals surface area contributed by atoms with Crippen LogP contribution >= 0.6 is 0 Å². The van der Waals surface area contributed by atoms with Crippen molar-refractivity contribution in [3.63, 3.8) is 0 Å². The van der Waals surface area contributed by atoms with Gasteiger partial charge in [-0.2, -0.15) is 0 Å². The topological polar surface area (TPSA) is 0 Å². The average Bonchev–Trinajstić information content (AvgIpc) is 1.63. The minimum absolute atomic E-state index is 0.803. The number of hydrogen-bond acceptors (Lipinski definition) is 0. The van der Waals surface area contributed by atoms with Gasteiger partial charge < -0.3 is 0 Å². The normalized spacial score (nSPS) is 12.9. The molecule has 0 rings (SSSR count). The van der Waals surface area contributed by atoms with Gasteiger partial charge in [0.25, 0.3) is 0 Å². The van der Waals surface area contributed by atoms with Crippen molar-refractivity contribution in [1.82, 2.24) is 0 Å². The van der Waals surface area contributed by atoms with Crippen molar-refractivity contribution < 1.29 is 0 Å². The fourth-order valence-electron chi connectivity index (χ4n) is 0.520. The van der Waals surface area contributed by atoms with Crippen molar-refractivity contribution in [2.75, 3.05) is 0 Å². The molecule has 0 nitrogen and oxygen atoms in total. The van der Waals surface area contributed by atoms with E-state index < -0.39 is 8.07 Å². The zero-order chi connectivity index (χ0) is 7.33. The third-order valence-corrected chi connectivity index (χ3v) is 2.71. The van der Waals surface area contributed by atoms with E-state index in [2.05, 4.69) is 42.0 Å². The predicted octanol–water partition coefficient (Wildman–Crippen LogP) is 2.47. The standard InChI is InChI=1S/C7H15Si2/c1-9(2,3)7-5-4-6-8/h4-5H,6-7H2,1-3H3/b5-4-. The number of allylic oxidation sites excluding steroid dienone is 2. The molecular formula is C7H15Si2. The van der Waals surface area contributed by atoms with E-state index in [9.17, 15) is 0 Å². The second kappa shape index (κ2) is 4.06. The van der Waals surface area contributed by atoms with Crippen LogP contribution in [0.3, 0.4) is 0 Å². The first-order chi connectivity index (χ1) is 4.06. The quantitative estimate of drug-likeness (QED) is 0.434. The van der Waals surface area contributed by atoms with Crippen LogP contribution in [0.15, 0.2) is 12.2 Å². The van der Waals surface area contributed by atoms with Gasteiger partial charge in [-0.1, -0.05) is 31.8 Å². The van der Waals surface area contributed by atoms with Gasteiger partial charge in [0.2, 0.25) is 0 Å². The summed E-state index contributed by atoms with van der Waals surface area (Å²) in [5, 5.41) is 0. The highest BCUT2D eigenvalue weighted by atomic mass is 28.3. The molecule has 0 aliphatic rings. The van der Waals surface area contributed by atoms with E-state index in [0.29, 0.717) is 0 Å². The van der Waals surface area contributed by atoms with Crippen molar-refractivity contribution in [3.8, 4) is 0 Å². The third kappa shape index (κ3) is 8.17. The first-order valence-electron chi connectivity index (χ1n) is 3.36. The molecule has 0 bridgehead atoms. The monoisotopic (exact) mass is 155 g/mol. The van der Waals surface area contributed by atoms with Gasteiger partial charge in [0.05, 0.1) is 0 Å². The Morgan fingerprint density at radius 1 is 1.22 bits per heavy atom. The lowest BCUT2D eigenvalue weighted by atomic mass is 10.6. The molecule has 0 aliphatic heterocycles. The maximum atomic E-state index is 3.39. The summed E-state index contributed by atoms with van der Waals surface area (Å²) >= 11 is 0. The summed E-state index contributed by atoms with van der Waals surface area (Å²) in [5.41, 5.74) is 0. The third-order valence-electron chi connectivity index (χ3n) is 1.01. The molecule has 51 valence electrons. The highest BCUT2D eigenvalue weighted by Gasteiger charge is 2.08. The largest absolute Gasteiger partial charge is 0.0922 e. The van der Waals surface area contributed by atoms with E-state index in [1.807, 2.05) is 0 Å². The molecule has 2 heteroatoms. The van der Waals surface area contributed by atoms with Gasteiger partial charge in [0.1, 0.15) is 0 Å². The van der Waals surface area contributed by atoms with Crippen molar-refractivity contribution in [3.05, 3.63) is 12.2 Å². The molecule has 0 saturated heterocycles. The van der Waals surface area contributed by atoms with Gasteiger partial charge in [-0.25, -0.2) is 0 Å². The maximum Gasteiger partial charge on any atom is 0.0480 e. The van der Waals surface area contributed by atoms with Gasteiger partial charge in [0, 0.05) is 18.3 Å². The molecule has 3 radical (unpaired) electrons. The summed E-state index contributed by atoms with van der Waals surface area (Å²) in [5.74, 6) is 0. The molecule has 0 aromatic carbocycles. The first-order valence-corrected chi connectivity index (χ1v) is 7.77. The smallest absolute Gasteiger partial charge is 0.0480 e. The zero-order valence-electron chi connectivity index (χ0n) is 6.57. The lowest BCUT2D eigenvalue weighted by molar-refractivity contribution is 1.48. The van der Waals surface area contributed by atoms with Crippen molar-refractivity contribution in [1.29, 1.82) is 0 Å². The lowest BCUT2D eigenvalue weighted by Crippen LogP contribution is -2.17. The van der Waals surface area contributed by atoms with E-state index in [1.54, 1.807) is 0 Å². The molecule has 0 aromatic heterocycles. The molecule has 0 saturated carbocycles. The highest BCUT2D eigenvalue weighted by Crippen LogP contribution is 2.08. The molecule has 0 amide bonds. The molecule has 0 atom stereocenters. The van der Waals surface area contributed by atoms with E-state index >= 15 is 0 Å². The Labute approximate surface area is 62.8 Å². The second-order valence-electron chi connectivity index (χ2n) is 3.44. The summed E-state index contributed by atoms with van der Waals surface area (Å²) in [4.78, 5) is 0. The van der Waals surface area contributed by atoms with Crippen LogP contribution in [-0.4, -0.2) is 18.3 Å². The van der Waals surface area contributed by atoms with Crippen molar-refractivity contribution >= 4 is 18.3 Å². The van der Waals surface area contributed by atoms with E-state index in [1.165, 1.54) is 6.04 Å². The molecule has 9 heavy (non-hydrogen) atoms. The van der Waals surface area contributed by atoms with Gasteiger partial charge in [-0.05, 0) is 12.1 Å². The van der Waals surface area contributed by atoms with Crippen LogP contribution in [0.4, 0.5) is 0 Å². The molecule has 0 aliphatic carbocycles. The Morgan fingerprint density at radius 2 is 1.78 bits per heavy atom. The van der Waals surface area contributed by atoms with Gasteiger partial charge in [-0.15, -0.1) is 0 Å². The Bertz CT molecular complexity index is 89.6. The summed E-state index contributed by atoms with van der Waals surface area (Å²) < 4.78 is 0. The summed E-state index contributed by atoms with van der Waals surface area (Å²) in [6.45, 7) is 7.14. The predicted molar refractivity (Wildman–Crippen MR) is 47.9 cm³/mol. The fourth-order valence-corrected chi connectivity index (χ4v) is 1.56. The summed E-state index contributed by atoms with van der Waals surface area (Å²) in [6, 6.07) is 2.29. The molecule has 0 heterocycles. The average molecular weight is 155 g/mol.